The second-order valence-corrected chi connectivity index (χ2v) is 5.94. The lowest BCUT2D eigenvalue weighted by Crippen LogP contribution is -2.36. The van der Waals surface area contributed by atoms with Gasteiger partial charge >= 0.3 is 0 Å². The van der Waals surface area contributed by atoms with Crippen LogP contribution < -0.4 is 5.32 Å². The van der Waals surface area contributed by atoms with Crippen molar-refractivity contribution in [2.75, 3.05) is 19.6 Å². The summed E-state index contributed by atoms with van der Waals surface area (Å²) in [5.41, 5.74) is 1.14. The Morgan fingerprint density at radius 3 is 2.83 bits per heavy atom. The number of nitrogens with zero attached hydrogens (tertiary/aromatic N) is 1. The number of hydrogen-bond acceptors (Lipinski definition) is 3. The SMILES string of the molecule is Cc1ccc(F)cc1C(=O)NCC(c1ccco1)N1CCCC1. The third-order valence-electron chi connectivity index (χ3n) is 4.35. The van der Waals surface area contributed by atoms with E-state index in [1.165, 1.54) is 12.1 Å². The quantitative estimate of drug-likeness (QED) is 0.920. The van der Waals surface area contributed by atoms with Crippen LogP contribution in [0.15, 0.2) is 41.0 Å². The number of rotatable bonds is 5. The van der Waals surface area contributed by atoms with Crippen LogP contribution in [0.5, 0.6) is 0 Å². The summed E-state index contributed by atoms with van der Waals surface area (Å²) in [6.07, 6.45) is 3.97. The minimum Gasteiger partial charge on any atom is -0.468 e. The normalized spacial score (nSPS) is 16.4. The van der Waals surface area contributed by atoms with Crippen molar-refractivity contribution >= 4 is 5.91 Å². The number of likely N-dealkylation sites (tertiary alicyclic amines) is 1. The third-order valence-corrected chi connectivity index (χ3v) is 4.35. The summed E-state index contributed by atoms with van der Waals surface area (Å²) >= 11 is 0. The fraction of sp³-hybridized carbons (Fsp3) is 0.389. The molecule has 23 heavy (non-hydrogen) atoms. The van der Waals surface area contributed by atoms with E-state index in [1.807, 2.05) is 12.1 Å². The van der Waals surface area contributed by atoms with Crippen LogP contribution in [0.3, 0.4) is 0 Å². The van der Waals surface area contributed by atoms with Crippen molar-refractivity contribution in [3.8, 4) is 0 Å². The predicted octanol–water partition coefficient (Wildman–Crippen LogP) is 3.29. The van der Waals surface area contributed by atoms with Crippen molar-refractivity contribution in [2.24, 2.45) is 0 Å². The van der Waals surface area contributed by atoms with Gasteiger partial charge in [0.1, 0.15) is 11.6 Å². The molecular weight excluding hydrogens is 295 g/mol. The fourth-order valence-electron chi connectivity index (χ4n) is 3.07. The molecule has 2 aromatic rings. The summed E-state index contributed by atoms with van der Waals surface area (Å²) < 4.78 is 18.9. The number of carbonyl (C=O) groups excluding carboxylic acids is 1. The molecule has 0 radical (unpaired) electrons. The zero-order valence-electron chi connectivity index (χ0n) is 13.2. The molecule has 1 atom stereocenters. The summed E-state index contributed by atoms with van der Waals surface area (Å²) in [4.78, 5) is 14.7. The molecule has 1 aliphatic rings. The standard InChI is InChI=1S/C18H21FN2O2/c1-13-6-7-14(19)11-15(13)18(22)20-12-16(17-5-4-10-23-17)21-8-2-3-9-21/h4-7,10-11,16H,2-3,8-9,12H2,1H3,(H,20,22). The summed E-state index contributed by atoms with van der Waals surface area (Å²) in [6.45, 7) is 4.25. The average Bonchev–Trinajstić information content (AvgIpc) is 3.23. The fourth-order valence-corrected chi connectivity index (χ4v) is 3.07. The van der Waals surface area contributed by atoms with Gasteiger partial charge in [-0.3, -0.25) is 9.69 Å². The van der Waals surface area contributed by atoms with Gasteiger partial charge in [0.05, 0.1) is 12.3 Å². The highest BCUT2D eigenvalue weighted by atomic mass is 19.1. The van der Waals surface area contributed by atoms with Crippen LogP contribution in [-0.4, -0.2) is 30.4 Å². The van der Waals surface area contributed by atoms with Gasteiger partial charge in [-0.15, -0.1) is 0 Å². The van der Waals surface area contributed by atoms with Crippen molar-refractivity contribution in [1.29, 1.82) is 0 Å². The van der Waals surface area contributed by atoms with Gasteiger partial charge in [0.25, 0.3) is 5.91 Å². The molecule has 1 aliphatic heterocycles. The first-order chi connectivity index (χ1) is 11.1. The van der Waals surface area contributed by atoms with Crippen molar-refractivity contribution < 1.29 is 13.6 Å². The number of nitrogens with one attached hydrogen (secondary N) is 1. The van der Waals surface area contributed by atoms with E-state index in [0.29, 0.717) is 12.1 Å². The molecule has 1 aromatic carbocycles. The van der Waals surface area contributed by atoms with Crippen LogP contribution >= 0.6 is 0 Å². The molecule has 1 saturated heterocycles. The topological polar surface area (TPSA) is 45.5 Å². The first-order valence-corrected chi connectivity index (χ1v) is 7.97. The van der Waals surface area contributed by atoms with Gasteiger partial charge in [-0.05, 0) is 62.7 Å². The molecule has 5 heteroatoms. The zero-order valence-corrected chi connectivity index (χ0v) is 13.2. The van der Waals surface area contributed by atoms with Crippen molar-refractivity contribution in [1.82, 2.24) is 10.2 Å². The lowest BCUT2D eigenvalue weighted by Gasteiger charge is -2.26. The molecular formula is C18H21FN2O2. The molecule has 0 aliphatic carbocycles. The van der Waals surface area contributed by atoms with E-state index in [-0.39, 0.29) is 11.9 Å². The van der Waals surface area contributed by atoms with Gasteiger partial charge < -0.3 is 9.73 Å². The first kappa shape index (κ1) is 15.7. The number of hydrogen-bond donors (Lipinski definition) is 1. The van der Waals surface area contributed by atoms with Gasteiger partial charge in [0.2, 0.25) is 0 Å². The van der Waals surface area contributed by atoms with Gasteiger partial charge in [-0.25, -0.2) is 4.39 Å². The van der Waals surface area contributed by atoms with E-state index in [9.17, 15) is 9.18 Å². The molecule has 1 unspecified atom stereocenters. The highest BCUT2D eigenvalue weighted by Crippen LogP contribution is 2.25. The van der Waals surface area contributed by atoms with Crippen molar-refractivity contribution in [3.63, 3.8) is 0 Å². The zero-order chi connectivity index (χ0) is 16.2. The summed E-state index contributed by atoms with van der Waals surface area (Å²) in [6, 6.07) is 8.07. The Hall–Kier alpha value is -2.14. The van der Waals surface area contributed by atoms with Crippen molar-refractivity contribution in [2.45, 2.75) is 25.8 Å². The van der Waals surface area contributed by atoms with Crippen LogP contribution in [0, 0.1) is 12.7 Å². The van der Waals surface area contributed by atoms with E-state index in [1.54, 1.807) is 19.3 Å². The summed E-state index contributed by atoms with van der Waals surface area (Å²) in [5, 5.41) is 2.92. The van der Waals surface area contributed by atoms with E-state index in [4.69, 9.17) is 4.42 Å². The maximum absolute atomic E-state index is 13.4. The maximum Gasteiger partial charge on any atom is 0.251 e. The molecule has 122 valence electrons. The van der Waals surface area contributed by atoms with Crippen LogP contribution in [0.2, 0.25) is 0 Å². The third kappa shape index (κ3) is 3.62. The molecule has 0 bridgehead atoms. The number of amides is 1. The number of furan rings is 1. The van der Waals surface area contributed by atoms with Gasteiger partial charge in [-0.2, -0.15) is 0 Å². The highest BCUT2D eigenvalue weighted by molar-refractivity contribution is 5.95. The van der Waals surface area contributed by atoms with Crippen LogP contribution in [0.1, 0.15) is 40.6 Å². The Morgan fingerprint density at radius 2 is 2.13 bits per heavy atom. The Labute approximate surface area is 135 Å². The van der Waals surface area contributed by atoms with Crippen LogP contribution in [0.25, 0.3) is 0 Å². The summed E-state index contributed by atoms with van der Waals surface area (Å²) in [5.74, 6) is 0.198. The number of carbonyl (C=O) groups is 1. The number of halogens is 1. The number of benzene rings is 1. The Kier molecular flexibility index (Phi) is 4.76. The largest absolute Gasteiger partial charge is 0.468 e. The Morgan fingerprint density at radius 1 is 1.35 bits per heavy atom. The molecule has 1 N–H and O–H groups in total. The molecule has 3 rings (SSSR count). The average molecular weight is 316 g/mol. The monoisotopic (exact) mass is 316 g/mol. The van der Waals surface area contributed by atoms with Crippen molar-refractivity contribution in [3.05, 3.63) is 59.3 Å². The summed E-state index contributed by atoms with van der Waals surface area (Å²) in [7, 11) is 0. The first-order valence-electron chi connectivity index (χ1n) is 7.97. The van der Waals surface area contributed by atoms with Gasteiger partial charge in [0.15, 0.2) is 0 Å². The van der Waals surface area contributed by atoms with E-state index in [2.05, 4.69) is 10.2 Å². The molecule has 4 nitrogen and oxygen atoms in total. The smallest absolute Gasteiger partial charge is 0.251 e. The molecule has 0 saturated carbocycles. The molecule has 1 fully saturated rings. The molecule has 1 amide bonds. The minimum atomic E-state index is -0.400. The predicted molar refractivity (Wildman–Crippen MR) is 85.7 cm³/mol. The second kappa shape index (κ2) is 6.96. The maximum atomic E-state index is 13.4. The lowest BCUT2D eigenvalue weighted by molar-refractivity contribution is 0.0932. The molecule has 0 spiro atoms. The minimum absolute atomic E-state index is 0.0188. The van der Waals surface area contributed by atoms with Gasteiger partial charge in [0, 0.05) is 12.1 Å². The second-order valence-electron chi connectivity index (χ2n) is 5.94. The van der Waals surface area contributed by atoms with Crippen LogP contribution in [0.4, 0.5) is 4.39 Å². The number of aryl methyl sites for hydroxylation is 1. The lowest BCUT2D eigenvalue weighted by atomic mass is 10.1. The Balaban J connectivity index is 1.71. The van der Waals surface area contributed by atoms with Crippen LogP contribution in [-0.2, 0) is 0 Å². The highest BCUT2D eigenvalue weighted by Gasteiger charge is 2.26. The van der Waals surface area contributed by atoms with E-state index in [0.717, 1.165) is 37.3 Å². The molecule has 1 aromatic heterocycles. The molecule has 2 heterocycles. The van der Waals surface area contributed by atoms with Gasteiger partial charge in [-0.1, -0.05) is 6.07 Å². The van der Waals surface area contributed by atoms with E-state index >= 15 is 0 Å². The Bertz CT molecular complexity index is 664. The van der Waals surface area contributed by atoms with E-state index < -0.39 is 5.82 Å².